The Hall–Kier alpha value is -3.18. The van der Waals surface area contributed by atoms with E-state index in [-0.39, 0.29) is 11.8 Å². The van der Waals surface area contributed by atoms with E-state index >= 15 is 0 Å². The number of para-hydroxylation sites is 1. The van der Waals surface area contributed by atoms with Crippen LogP contribution in [0.2, 0.25) is 5.02 Å². The van der Waals surface area contributed by atoms with Crippen molar-refractivity contribution < 1.29 is 14.6 Å². The van der Waals surface area contributed by atoms with E-state index in [1.54, 1.807) is 26.4 Å². The highest BCUT2D eigenvalue weighted by Gasteiger charge is 2.33. The summed E-state index contributed by atoms with van der Waals surface area (Å²) in [5.41, 5.74) is 3.37. The lowest BCUT2D eigenvalue weighted by atomic mass is 9.96. The van der Waals surface area contributed by atoms with Crippen molar-refractivity contribution in [3.63, 3.8) is 0 Å². The minimum atomic E-state index is -0.129. The summed E-state index contributed by atoms with van der Waals surface area (Å²) < 4.78 is 11.1. The third-order valence-electron chi connectivity index (χ3n) is 5.01. The van der Waals surface area contributed by atoms with Crippen molar-refractivity contribution >= 4 is 23.0 Å². The molecule has 0 spiro atoms. The first-order valence-electron chi connectivity index (χ1n) is 9.23. The number of phenols is 1. The number of rotatable bonds is 5. The van der Waals surface area contributed by atoms with E-state index in [1.165, 1.54) is 0 Å². The van der Waals surface area contributed by atoms with Crippen molar-refractivity contribution in [3.05, 3.63) is 82.9 Å². The zero-order valence-corrected chi connectivity index (χ0v) is 16.9. The topological polar surface area (TPSA) is 54.3 Å². The second kappa shape index (κ2) is 8.05. The summed E-state index contributed by atoms with van der Waals surface area (Å²) in [6.07, 6.45) is 0.601. The number of hydrazone groups is 1. The molecule has 0 aliphatic carbocycles. The molecule has 29 heavy (non-hydrogen) atoms. The molecule has 3 aromatic carbocycles. The van der Waals surface area contributed by atoms with Gasteiger partial charge in [0.2, 0.25) is 0 Å². The number of anilines is 1. The van der Waals surface area contributed by atoms with Gasteiger partial charge in [0.1, 0.15) is 17.2 Å². The minimum absolute atomic E-state index is 0.129. The fourth-order valence-electron chi connectivity index (χ4n) is 3.56. The molecule has 4 rings (SSSR count). The Balaban J connectivity index is 1.82. The van der Waals surface area contributed by atoms with E-state index in [1.807, 2.05) is 59.6 Å². The van der Waals surface area contributed by atoms with Gasteiger partial charge in [0.25, 0.3) is 0 Å². The molecule has 1 N–H and O–H groups in total. The van der Waals surface area contributed by atoms with Crippen LogP contribution in [-0.2, 0) is 0 Å². The van der Waals surface area contributed by atoms with Gasteiger partial charge in [-0.25, -0.2) is 0 Å². The molecule has 3 aromatic rings. The number of methoxy groups -OCH3 is 2. The Morgan fingerprint density at radius 1 is 1.00 bits per heavy atom. The van der Waals surface area contributed by atoms with Gasteiger partial charge in [0.15, 0.2) is 0 Å². The van der Waals surface area contributed by atoms with Gasteiger partial charge in [0, 0.05) is 22.6 Å². The molecular formula is C23H21ClN2O3. The highest BCUT2D eigenvalue weighted by atomic mass is 35.5. The highest BCUT2D eigenvalue weighted by molar-refractivity contribution is 6.30. The van der Waals surface area contributed by atoms with E-state index < -0.39 is 0 Å². The second-order valence-electron chi connectivity index (χ2n) is 6.71. The predicted octanol–water partition coefficient (Wildman–Crippen LogP) is 5.42. The number of phenolic OH excluding ortho intramolecular Hbond substituents is 1. The van der Waals surface area contributed by atoms with Crippen LogP contribution in [-0.4, -0.2) is 25.0 Å². The van der Waals surface area contributed by atoms with Crippen molar-refractivity contribution in [2.45, 2.75) is 12.5 Å². The summed E-state index contributed by atoms with van der Waals surface area (Å²) in [7, 11) is 3.29. The molecule has 0 saturated carbocycles. The maximum Gasteiger partial charge on any atom is 0.124 e. The van der Waals surface area contributed by atoms with E-state index in [4.69, 9.17) is 26.2 Å². The smallest absolute Gasteiger partial charge is 0.124 e. The normalized spacial score (nSPS) is 15.9. The lowest BCUT2D eigenvalue weighted by Gasteiger charge is -2.25. The molecule has 1 atom stereocenters. The van der Waals surface area contributed by atoms with Crippen LogP contribution in [0.25, 0.3) is 0 Å². The van der Waals surface area contributed by atoms with Crippen LogP contribution in [0.1, 0.15) is 23.6 Å². The number of benzene rings is 3. The summed E-state index contributed by atoms with van der Waals surface area (Å²) in [6, 6.07) is 20.4. The summed E-state index contributed by atoms with van der Waals surface area (Å²) in [4.78, 5) is 0. The molecule has 5 nitrogen and oxygen atoms in total. The van der Waals surface area contributed by atoms with Gasteiger partial charge >= 0.3 is 0 Å². The molecule has 0 fully saturated rings. The number of nitrogens with zero attached hydrogens (tertiary/aromatic N) is 2. The van der Waals surface area contributed by atoms with Gasteiger partial charge in [-0.15, -0.1) is 0 Å². The molecule has 0 amide bonds. The average molecular weight is 409 g/mol. The quantitative estimate of drug-likeness (QED) is 0.612. The van der Waals surface area contributed by atoms with Crippen LogP contribution < -0.4 is 14.5 Å². The standard InChI is InChI=1S/C23H21ClN2O3/c1-28-17-11-12-23(29-2)19(13-17)21-14-20(18-5-3-4-6-22(18)27)25-26(21)16-9-7-15(24)8-10-16/h3-13,21,27H,14H2,1-2H3. The average Bonchev–Trinajstić information content (AvgIpc) is 3.19. The molecule has 1 aliphatic heterocycles. The van der Waals surface area contributed by atoms with Crippen molar-refractivity contribution in [3.8, 4) is 17.2 Å². The van der Waals surface area contributed by atoms with Gasteiger partial charge in [-0.2, -0.15) is 5.10 Å². The van der Waals surface area contributed by atoms with Crippen LogP contribution in [0, 0.1) is 0 Å². The third kappa shape index (κ3) is 3.74. The van der Waals surface area contributed by atoms with Crippen molar-refractivity contribution in [1.29, 1.82) is 0 Å². The first-order chi connectivity index (χ1) is 14.1. The molecule has 6 heteroatoms. The van der Waals surface area contributed by atoms with Crippen molar-refractivity contribution in [2.24, 2.45) is 5.10 Å². The van der Waals surface area contributed by atoms with Crippen LogP contribution in [0.15, 0.2) is 71.8 Å². The monoisotopic (exact) mass is 408 g/mol. The number of hydrogen-bond donors (Lipinski definition) is 1. The minimum Gasteiger partial charge on any atom is -0.507 e. The molecule has 1 unspecified atom stereocenters. The molecule has 0 saturated heterocycles. The lowest BCUT2D eigenvalue weighted by Crippen LogP contribution is -2.19. The zero-order chi connectivity index (χ0) is 20.4. The molecule has 1 aliphatic rings. The van der Waals surface area contributed by atoms with Crippen molar-refractivity contribution in [2.75, 3.05) is 19.2 Å². The SMILES string of the molecule is COc1ccc(OC)c(C2CC(c3ccccc3O)=NN2c2ccc(Cl)cc2)c1. The largest absolute Gasteiger partial charge is 0.507 e. The van der Waals surface area contributed by atoms with E-state index in [9.17, 15) is 5.11 Å². The Morgan fingerprint density at radius 3 is 2.45 bits per heavy atom. The highest BCUT2D eigenvalue weighted by Crippen LogP contribution is 2.42. The zero-order valence-electron chi connectivity index (χ0n) is 16.2. The summed E-state index contributed by atoms with van der Waals surface area (Å²) in [5.74, 6) is 1.71. The first-order valence-corrected chi connectivity index (χ1v) is 9.61. The molecule has 0 radical (unpaired) electrons. The first kappa shape index (κ1) is 19.2. The summed E-state index contributed by atoms with van der Waals surface area (Å²) in [5, 5.41) is 17.8. The number of aromatic hydroxyl groups is 1. The summed E-state index contributed by atoms with van der Waals surface area (Å²) >= 11 is 6.08. The van der Waals surface area contributed by atoms with Crippen molar-refractivity contribution in [1.82, 2.24) is 0 Å². The Labute approximate surface area is 174 Å². The molecule has 148 valence electrons. The molecular weight excluding hydrogens is 388 g/mol. The second-order valence-corrected chi connectivity index (χ2v) is 7.15. The molecule has 1 heterocycles. The van der Waals surface area contributed by atoms with Crippen LogP contribution in [0.5, 0.6) is 17.2 Å². The van der Waals surface area contributed by atoms with Crippen LogP contribution in [0.4, 0.5) is 5.69 Å². The fourth-order valence-corrected chi connectivity index (χ4v) is 3.69. The van der Waals surface area contributed by atoms with Gasteiger partial charge < -0.3 is 14.6 Å². The van der Waals surface area contributed by atoms with Gasteiger partial charge in [0.05, 0.1) is 31.7 Å². The van der Waals surface area contributed by atoms with Gasteiger partial charge in [-0.05, 0) is 54.6 Å². The Kier molecular flexibility index (Phi) is 5.32. The Bertz CT molecular complexity index is 1050. The predicted molar refractivity (Wildman–Crippen MR) is 115 cm³/mol. The maximum absolute atomic E-state index is 10.3. The van der Waals surface area contributed by atoms with Crippen LogP contribution >= 0.6 is 11.6 Å². The lowest BCUT2D eigenvalue weighted by molar-refractivity contribution is 0.395. The van der Waals surface area contributed by atoms with Crippen LogP contribution in [0.3, 0.4) is 0 Å². The van der Waals surface area contributed by atoms with E-state index in [0.29, 0.717) is 11.4 Å². The van der Waals surface area contributed by atoms with E-state index in [0.717, 1.165) is 34.0 Å². The molecule has 0 aromatic heterocycles. The maximum atomic E-state index is 10.3. The number of ether oxygens (including phenoxy) is 2. The summed E-state index contributed by atoms with van der Waals surface area (Å²) in [6.45, 7) is 0. The van der Waals surface area contributed by atoms with Gasteiger partial charge in [-0.3, -0.25) is 5.01 Å². The number of hydrogen-bond acceptors (Lipinski definition) is 5. The third-order valence-corrected chi connectivity index (χ3v) is 5.26. The van der Waals surface area contributed by atoms with E-state index in [2.05, 4.69) is 0 Å². The molecule has 0 bridgehead atoms. The fraction of sp³-hybridized carbons (Fsp3) is 0.174. The van der Waals surface area contributed by atoms with Gasteiger partial charge in [-0.1, -0.05) is 23.7 Å². The number of halogens is 1. The Morgan fingerprint density at radius 2 is 1.76 bits per heavy atom.